The Balaban J connectivity index is 1.17. The van der Waals surface area contributed by atoms with Gasteiger partial charge < -0.3 is 45.5 Å². The zero-order valence-corrected chi connectivity index (χ0v) is 23.2. The van der Waals surface area contributed by atoms with Crippen LogP contribution in [-0.4, -0.2) is 86.7 Å². The number of carbonyl (C=O) groups is 1. The normalized spacial score (nSPS) is 56.8. The van der Waals surface area contributed by atoms with Gasteiger partial charge in [-0.25, -0.2) is 0 Å². The summed E-state index contributed by atoms with van der Waals surface area (Å²) < 4.78 is 18.6. The van der Waals surface area contributed by atoms with Crippen molar-refractivity contribution in [2.75, 3.05) is 6.61 Å². The van der Waals surface area contributed by atoms with Crippen molar-refractivity contribution in [2.45, 2.75) is 127 Å². The summed E-state index contributed by atoms with van der Waals surface area (Å²) in [7, 11) is 0. The first-order valence-corrected chi connectivity index (χ1v) is 15.1. The lowest BCUT2D eigenvalue weighted by Gasteiger charge is -2.67. The van der Waals surface area contributed by atoms with E-state index >= 15 is 0 Å². The third-order valence-electron chi connectivity index (χ3n) is 12.7. The van der Waals surface area contributed by atoms with Crippen molar-refractivity contribution >= 4 is 5.97 Å². The molecule has 10 heteroatoms. The molecule has 6 rings (SSSR count). The molecule has 0 aromatic heterocycles. The predicted molar refractivity (Wildman–Crippen MR) is 138 cm³/mol. The van der Waals surface area contributed by atoms with Crippen molar-refractivity contribution in [1.29, 1.82) is 0 Å². The van der Waals surface area contributed by atoms with Gasteiger partial charge in [0.1, 0.15) is 18.3 Å². The monoisotopic (exact) mass is 553 g/mol. The van der Waals surface area contributed by atoms with E-state index in [0.717, 1.165) is 57.8 Å². The number of aliphatic hydroxyl groups is 4. The number of aliphatic hydroxyl groups excluding tert-OH is 4. The molecular formula is C29H47NO9. The lowest BCUT2D eigenvalue weighted by atomic mass is 9.42. The summed E-state index contributed by atoms with van der Waals surface area (Å²) in [6.07, 6.45) is 3.23. The van der Waals surface area contributed by atoms with Crippen LogP contribution in [0, 0.1) is 40.4 Å². The maximum absolute atomic E-state index is 11.6. The highest BCUT2D eigenvalue weighted by molar-refractivity contribution is 5.67. The minimum absolute atomic E-state index is 0.0465. The lowest BCUT2D eigenvalue weighted by Crippen LogP contribution is -2.67. The topological polar surface area (TPSA) is 172 Å². The van der Waals surface area contributed by atoms with Gasteiger partial charge in [-0.15, -0.1) is 0 Å². The van der Waals surface area contributed by atoms with Gasteiger partial charge in [0.05, 0.1) is 30.8 Å². The summed E-state index contributed by atoms with van der Waals surface area (Å²) in [6.45, 7) is 4.33. The molecule has 0 unspecified atom stereocenters. The van der Waals surface area contributed by atoms with Gasteiger partial charge in [-0.05, 0) is 86.9 Å². The highest BCUT2D eigenvalue weighted by atomic mass is 16.7. The molecule has 15 atom stereocenters. The minimum Gasteiger partial charge on any atom is -0.481 e. The molecule has 222 valence electrons. The molecule has 4 aliphatic carbocycles. The van der Waals surface area contributed by atoms with E-state index in [4.69, 9.17) is 19.9 Å². The third kappa shape index (κ3) is 4.07. The summed E-state index contributed by atoms with van der Waals surface area (Å²) in [5.41, 5.74) is 5.59. The molecule has 7 N–H and O–H groups in total. The van der Waals surface area contributed by atoms with E-state index in [1.165, 1.54) is 0 Å². The first-order valence-electron chi connectivity index (χ1n) is 15.1. The highest BCUT2D eigenvalue weighted by Crippen LogP contribution is 2.73. The average Bonchev–Trinajstić information content (AvgIpc) is 3.10. The Morgan fingerprint density at radius 2 is 1.72 bits per heavy atom. The fraction of sp³-hybridized carbons (Fsp3) is 0.966. The number of hydrogen-bond donors (Lipinski definition) is 6. The number of aliphatic carboxylic acids is 1. The van der Waals surface area contributed by atoms with Gasteiger partial charge in [0.25, 0.3) is 0 Å². The molecule has 6 aliphatic rings. The molecule has 2 bridgehead atoms. The third-order valence-corrected chi connectivity index (χ3v) is 12.7. The quantitative estimate of drug-likeness (QED) is 0.273. The van der Waals surface area contributed by atoms with E-state index in [1.54, 1.807) is 0 Å². The fourth-order valence-electron chi connectivity index (χ4n) is 10.7. The highest BCUT2D eigenvalue weighted by Gasteiger charge is 2.72. The van der Waals surface area contributed by atoms with Crippen molar-refractivity contribution in [2.24, 2.45) is 46.2 Å². The second kappa shape index (κ2) is 9.87. The summed E-state index contributed by atoms with van der Waals surface area (Å²) in [5.74, 6) is 0.193. The Labute approximate surface area is 230 Å². The van der Waals surface area contributed by atoms with Gasteiger partial charge in [-0.3, -0.25) is 4.79 Å². The predicted octanol–water partition coefficient (Wildman–Crippen LogP) is 1.36. The fourth-order valence-corrected chi connectivity index (χ4v) is 10.7. The summed E-state index contributed by atoms with van der Waals surface area (Å²) in [5, 5.41) is 50.9. The molecule has 4 saturated carbocycles. The summed E-state index contributed by atoms with van der Waals surface area (Å²) >= 11 is 0. The van der Waals surface area contributed by atoms with Crippen molar-refractivity contribution in [3.63, 3.8) is 0 Å². The number of ether oxygens (including phenoxy) is 3. The van der Waals surface area contributed by atoms with Crippen molar-refractivity contribution in [3.05, 3.63) is 0 Å². The summed E-state index contributed by atoms with van der Waals surface area (Å²) in [6, 6.07) is -0.947. The van der Waals surface area contributed by atoms with Crippen LogP contribution in [0.3, 0.4) is 0 Å². The number of carboxylic acid groups (broad SMARTS) is 1. The zero-order valence-electron chi connectivity index (χ0n) is 23.2. The van der Waals surface area contributed by atoms with Crippen LogP contribution in [0.1, 0.15) is 78.1 Å². The van der Waals surface area contributed by atoms with Crippen LogP contribution in [0.15, 0.2) is 0 Å². The Hall–Kier alpha value is -0.850. The van der Waals surface area contributed by atoms with Gasteiger partial charge >= 0.3 is 5.97 Å². The van der Waals surface area contributed by atoms with E-state index in [9.17, 15) is 30.3 Å². The molecule has 0 amide bonds. The number of nitrogens with two attached hydrogens (primary N) is 1. The van der Waals surface area contributed by atoms with Crippen LogP contribution in [0.2, 0.25) is 0 Å². The first kappa shape index (κ1) is 28.3. The van der Waals surface area contributed by atoms with Crippen LogP contribution in [0.5, 0.6) is 0 Å². The Morgan fingerprint density at radius 1 is 0.974 bits per heavy atom. The molecule has 0 radical (unpaired) electrons. The van der Waals surface area contributed by atoms with E-state index in [-0.39, 0.29) is 35.2 Å². The molecule has 0 spiro atoms. The molecule has 10 nitrogen and oxygen atoms in total. The van der Waals surface area contributed by atoms with Gasteiger partial charge in [0.2, 0.25) is 0 Å². The van der Waals surface area contributed by atoms with Gasteiger partial charge in [-0.1, -0.05) is 13.8 Å². The van der Waals surface area contributed by atoms with Crippen molar-refractivity contribution in [1.82, 2.24) is 0 Å². The maximum atomic E-state index is 11.6. The molecular weight excluding hydrogens is 506 g/mol. The second-order valence-corrected chi connectivity index (χ2v) is 14.1. The van der Waals surface area contributed by atoms with Gasteiger partial charge in [0, 0.05) is 11.3 Å². The molecule has 39 heavy (non-hydrogen) atoms. The molecule has 0 aromatic carbocycles. The number of hydrogen-bond acceptors (Lipinski definition) is 9. The van der Waals surface area contributed by atoms with Gasteiger partial charge in [-0.2, -0.15) is 0 Å². The average molecular weight is 554 g/mol. The largest absolute Gasteiger partial charge is 0.481 e. The lowest BCUT2D eigenvalue weighted by molar-refractivity contribution is -0.334. The zero-order chi connectivity index (χ0) is 27.9. The second-order valence-electron chi connectivity index (χ2n) is 14.1. The Bertz CT molecular complexity index is 950. The van der Waals surface area contributed by atoms with E-state index < -0.39 is 55.1 Å². The summed E-state index contributed by atoms with van der Waals surface area (Å²) in [4.78, 5) is 11.6. The van der Waals surface area contributed by atoms with E-state index in [1.807, 2.05) is 0 Å². The number of carboxylic acids is 1. The van der Waals surface area contributed by atoms with E-state index in [2.05, 4.69) is 13.8 Å². The van der Waals surface area contributed by atoms with Crippen LogP contribution in [0.25, 0.3) is 0 Å². The Morgan fingerprint density at radius 3 is 2.44 bits per heavy atom. The molecule has 6 fully saturated rings. The molecule has 2 heterocycles. The van der Waals surface area contributed by atoms with Crippen LogP contribution in [0.4, 0.5) is 0 Å². The van der Waals surface area contributed by atoms with Crippen molar-refractivity contribution < 1.29 is 44.5 Å². The molecule has 2 aliphatic heterocycles. The molecule has 2 saturated heterocycles. The Kier molecular flexibility index (Phi) is 7.15. The van der Waals surface area contributed by atoms with E-state index in [0.29, 0.717) is 17.8 Å². The molecule has 0 aromatic rings. The number of fused-ring (bicyclic) bond motifs is 3. The maximum Gasteiger partial charge on any atom is 0.303 e. The number of rotatable bonds is 5. The van der Waals surface area contributed by atoms with Crippen LogP contribution >= 0.6 is 0 Å². The van der Waals surface area contributed by atoms with Crippen LogP contribution < -0.4 is 5.73 Å². The first-order chi connectivity index (χ1) is 18.4. The smallest absolute Gasteiger partial charge is 0.303 e. The van der Waals surface area contributed by atoms with Crippen LogP contribution in [-0.2, 0) is 19.0 Å². The SMILES string of the molecule is C[C@]12CC[C@H](O[C@@H]3O[C@H](CO)[C@@H](O)[C@H](N)[C@H]3O)C[C@H]1CC[C@@H]1[C@@H]2CC[C@]2(C)[C@@H]3CC[C@]12O[C@@H](O)[C@H]3CC(=O)O. The van der Waals surface area contributed by atoms with Crippen molar-refractivity contribution in [3.8, 4) is 0 Å². The van der Waals surface area contributed by atoms with Gasteiger partial charge in [0.15, 0.2) is 12.6 Å². The standard InChI is InChI=1S/C29H47NO9/c1-27-8-5-15(37-26-24(35)22(30)23(34)20(13-31)38-26)11-14(27)3-4-19-18(27)6-9-28(2)17-7-10-29(19,28)39-25(36)16(17)12-21(32)33/h14-20,22-26,31,34-36H,3-13,30H2,1-2H3,(H,32,33)/t14-,15+,16+,17-,18+,19-,20-,22+,23-,24-,25-,26-,27+,28-,29+/m1/s1. The minimum atomic E-state index is -1.17.